The van der Waals surface area contributed by atoms with Gasteiger partial charge in [0.15, 0.2) is 11.5 Å². The van der Waals surface area contributed by atoms with Crippen molar-refractivity contribution < 1.29 is 9.47 Å². The zero-order valence-corrected chi connectivity index (χ0v) is 15.9. The van der Waals surface area contributed by atoms with Gasteiger partial charge in [0.1, 0.15) is 0 Å². The van der Waals surface area contributed by atoms with Gasteiger partial charge in [-0.25, -0.2) is 0 Å². The molecule has 1 N–H and O–H groups in total. The first-order chi connectivity index (χ1) is 13.2. The Balaban J connectivity index is 1.82. The van der Waals surface area contributed by atoms with Crippen LogP contribution in [-0.2, 0) is 6.54 Å². The molecule has 0 aliphatic rings. The van der Waals surface area contributed by atoms with Gasteiger partial charge in [0, 0.05) is 12.6 Å². The summed E-state index contributed by atoms with van der Waals surface area (Å²) in [5.41, 5.74) is 1.96. The van der Waals surface area contributed by atoms with Crippen molar-refractivity contribution in [2.75, 3.05) is 6.61 Å². The number of hydrogen-bond donors (Lipinski definition) is 1. The van der Waals surface area contributed by atoms with Gasteiger partial charge in [0.2, 0.25) is 0 Å². The van der Waals surface area contributed by atoms with Crippen LogP contribution in [0.15, 0.2) is 48.5 Å². The molecule has 1 heterocycles. The van der Waals surface area contributed by atoms with Gasteiger partial charge in [0.05, 0.1) is 12.3 Å². The number of para-hydroxylation sites is 1. The van der Waals surface area contributed by atoms with E-state index in [9.17, 15) is 0 Å². The number of nitrogens with zero attached hydrogens (tertiary/aromatic N) is 4. The van der Waals surface area contributed by atoms with E-state index in [0.717, 1.165) is 24.2 Å². The second-order valence-corrected chi connectivity index (χ2v) is 6.22. The third kappa shape index (κ3) is 4.83. The molecular weight excluding hydrogens is 342 g/mol. The second-order valence-electron chi connectivity index (χ2n) is 6.22. The summed E-state index contributed by atoms with van der Waals surface area (Å²) < 4.78 is 13.3. The maximum absolute atomic E-state index is 5.97. The quantitative estimate of drug-likeness (QED) is 0.621. The van der Waals surface area contributed by atoms with Crippen molar-refractivity contribution >= 4 is 0 Å². The highest BCUT2D eigenvalue weighted by molar-refractivity contribution is 5.44. The smallest absolute Gasteiger partial charge is 0.346 e. The van der Waals surface area contributed by atoms with Gasteiger partial charge >= 0.3 is 6.01 Å². The van der Waals surface area contributed by atoms with E-state index in [-0.39, 0.29) is 6.01 Å². The summed E-state index contributed by atoms with van der Waals surface area (Å²) in [5.74, 6) is 1.25. The van der Waals surface area contributed by atoms with Crippen molar-refractivity contribution in [3.8, 4) is 23.2 Å². The third-order valence-electron chi connectivity index (χ3n) is 4.22. The first-order valence-corrected chi connectivity index (χ1v) is 9.22. The molecule has 7 heteroatoms. The van der Waals surface area contributed by atoms with Crippen molar-refractivity contribution in [1.82, 2.24) is 25.5 Å². The highest BCUT2D eigenvalue weighted by Gasteiger charge is 2.14. The van der Waals surface area contributed by atoms with Crippen LogP contribution < -0.4 is 14.8 Å². The Bertz CT molecular complexity index is 851. The van der Waals surface area contributed by atoms with E-state index < -0.39 is 0 Å². The van der Waals surface area contributed by atoms with Crippen molar-refractivity contribution in [2.45, 2.75) is 39.8 Å². The molecule has 0 saturated heterocycles. The molecule has 0 radical (unpaired) electrons. The molecule has 7 nitrogen and oxygen atoms in total. The van der Waals surface area contributed by atoms with Crippen LogP contribution in [-0.4, -0.2) is 32.9 Å². The van der Waals surface area contributed by atoms with Crippen LogP contribution in [0.1, 0.15) is 32.8 Å². The Morgan fingerprint density at radius 2 is 1.89 bits per heavy atom. The van der Waals surface area contributed by atoms with Gasteiger partial charge in [-0.2, -0.15) is 4.68 Å². The molecule has 1 unspecified atom stereocenters. The average Bonchev–Trinajstić information content (AvgIpc) is 3.17. The predicted molar refractivity (Wildman–Crippen MR) is 103 cm³/mol. The predicted octanol–water partition coefficient (Wildman–Crippen LogP) is 3.74. The van der Waals surface area contributed by atoms with Gasteiger partial charge in [-0.3, -0.25) is 0 Å². The van der Waals surface area contributed by atoms with Crippen molar-refractivity contribution in [1.29, 1.82) is 0 Å². The molecule has 0 bridgehead atoms. The largest absolute Gasteiger partial charge is 0.490 e. The fourth-order valence-corrected chi connectivity index (χ4v) is 2.52. The van der Waals surface area contributed by atoms with Crippen LogP contribution in [0.2, 0.25) is 0 Å². The van der Waals surface area contributed by atoms with E-state index in [1.54, 1.807) is 4.68 Å². The van der Waals surface area contributed by atoms with Gasteiger partial charge in [-0.1, -0.05) is 36.3 Å². The molecule has 3 rings (SSSR count). The molecule has 0 aliphatic carbocycles. The van der Waals surface area contributed by atoms with E-state index in [0.29, 0.717) is 24.1 Å². The van der Waals surface area contributed by atoms with E-state index >= 15 is 0 Å². The van der Waals surface area contributed by atoms with Crippen LogP contribution in [0.4, 0.5) is 0 Å². The number of ether oxygens (including phenoxy) is 2. The van der Waals surface area contributed by atoms with Crippen LogP contribution in [0.3, 0.4) is 0 Å². The Labute approximate surface area is 159 Å². The average molecular weight is 367 g/mol. The Morgan fingerprint density at radius 1 is 1.07 bits per heavy atom. The lowest BCUT2D eigenvalue weighted by Crippen LogP contribution is -2.24. The lowest BCUT2D eigenvalue weighted by atomic mass is 10.1. The number of hydrogen-bond acceptors (Lipinski definition) is 6. The normalized spacial score (nSPS) is 12.0. The zero-order valence-electron chi connectivity index (χ0n) is 15.9. The lowest BCUT2D eigenvalue weighted by molar-refractivity contribution is 0.315. The fourth-order valence-electron chi connectivity index (χ4n) is 2.52. The van der Waals surface area contributed by atoms with Gasteiger partial charge < -0.3 is 14.8 Å². The van der Waals surface area contributed by atoms with E-state index in [2.05, 4.69) is 34.7 Å². The maximum atomic E-state index is 5.97. The van der Waals surface area contributed by atoms with Crippen LogP contribution in [0.25, 0.3) is 5.69 Å². The van der Waals surface area contributed by atoms with Crippen LogP contribution in [0.5, 0.6) is 17.5 Å². The zero-order chi connectivity index (χ0) is 19.1. The molecule has 0 fully saturated rings. The van der Waals surface area contributed by atoms with E-state index in [4.69, 9.17) is 9.47 Å². The second kappa shape index (κ2) is 9.14. The molecule has 0 saturated carbocycles. The molecule has 3 aromatic rings. The lowest BCUT2D eigenvalue weighted by Gasteiger charge is -2.15. The third-order valence-corrected chi connectivity index (χ3v) is 4.22. The minimum absolute atomic E-state index is 0.285. The molecule has 27 heavy (non-hydrogen) atoms. The van der Waals surface area contributed by atoms with E-state index in [1.807, 2.05) is 55.5 Å². The van der Waals surface area contributed by atoms with Gasteiger partial charge in [0.25, 0.3) is 0 Å². The molecule has 1 atom stereocenters. The molecule has 0 amide bonds. The summed E-state index contributed by atoms with van der Waals surface area (Å²) >= 11 is 0. The summed E-state index contributed by atoms with van der Waals surface area (Å²) in [6, 6.07) is 16.3. The molecular formula is C20H25N5O2. The van der Waals surface area contributed by atoms with Crippen LogP contribution >= 0.6 is 0 Å². The monoisotopic (exact) mass is 367 g/mol. The number of rotatable bonds is 9. The fraction of sp³-hybridized carbons (Fsp3) is 0.350. The number of aromatic nitrogens is 4. The molecule has 142 valence electrons. The summed E-state index contributed by atoms with van der Waals surface area (Å²) in [6.07, 6.45) is 1.08. The summed E-state index contributed by atoms with van der Waals surface area (Å²) in [5, 5.41) is 15.2. The first-order valence-electron chi connectivity index (χ1n) is 9.22. The molecule has 1 aromatic heterocycles. The Kier molecular flexibility index (Phi) is 6.38. The Morgan fingerprint density at radius 3 is 2.63 bits per heavy atom. The summed E-state index contributed by atoms with van der Waals surface area (Å²) in [4.78, 5) is 0. The summed E-state index contributed by atoms with van der Waals surface area (Å²) in [6.45, 7) is 7.60. The summed E-state index contributed by atoms with van der Waals surface area (Å²) in [7, 11) is 0. The van der Waals surface area contributed by atoms with E-state index in [1.165, 1.54) is 0 Å². The highest BCUT2D eigenvalue weighted by atomic mass is 16.5. The standard InChI is InChI=1S/C20H25N5O2/c1-4-15(3)21-14-16-11-12-18(19(13-16)26-5-2)27-20-22-23-24-25(20)17-9-7-6-8-10-17/h6-13,15,21H,4-5,14H2,1-3H3. The minimum Gasteiger partial charge on any atom is -0.490 e. The molecule has 0 spiro atoms. The van der Waals surface area contributed by atoms with Gasteiger partial charge in [-0.15, -0.1) is 0 Å². The Hall–Kier alpha value is -2.93. The van der Waals surface area contributed by atoms with Crippen molar-refractivity contribution in [3.63, 3.8) is 0 Å². The van der Waals surface area contributed by atoms with Crippen molar-refractivity contribution in [3.05, 3.63) is 54.1 Å². The number of tetrazole rings is 1. The SMILES string of the molecule is CCOc1cc(CNC(C)CC)ccc1Oc1nnnn1-c1ccccc1. The maximum Gasteiger partial charge on any atom is 0.346 e. The van der Waals surface area contributed by atoms with Gasteiger partial charge in [-0.05, 0) is 60.5 Å². The van der Waals surface area contributed by atoms with Crippen molar-refractivity contribution in [2.24, 2.45) is 0 Å². The molecule has 0 aliphatic heterocycles. The number of nitrogens with one attached hydrogen (secondary N) is 1. The number of benzene rings is 2. The highest BCUT2D eigenvalue weighted by Crippen LogP contribution is 2.32. The topological polar surface area (TPSA) is 74.1 Å². The molecule has 2 aromatic carbocycles. The minimum atomic E-state index is 0.285. The van der Waals surface area contributed by atoms with Crippen LogP contribution in [0, 0.1) is 0 Å². The first kappa shape index (κ1) is 18.8.